The molecule has 0 amide bonds. The first kappa shape index (κ1) is 23.0. The van der Waals surface area contributed by atoms with Gasteiger partial charge in [0.1, 0.15) is 0 Å². The Hall–Kier alpha value is -1.13. The van der Waals surface area contributed by atoms with E-state index in [0.717, 1.165) is 10.5 Å². The van der Waals surface area contributed by atoms with Crippen molar-refractivity contribution in [3.05, 3.63) is 46.3 Å². The SMILES string of the molecule is C=C(C#C/C(C)=C/C=C(C)C)S/C=C\C.CC.CC. The quantitative estimate of drug-likeness (QED) is 0.407. The third-order valence-corrected chi connectivity index (χ3v) is 2.21. The lowest BCUT2D eigenvalue weighted by molar-refractivity contribution is 1.39. The first-order chi connectivity index (χ1) is 9.06. The standard InChI is InChI=1S/C14H18S.2C2H6/c1-6-11-15-14(5)10-9-13(4)8-7-12(2)3;2*1-2/h6-8,11H,5H2,1-4H3;2*1-2H3/b11-6-,13-8+;;. The van der Waals surface area contributed by atoms with E-state index < -0.39 is 0 Å². The predicted molar refractivity (Wildman–Crippen MR) is 95.2 cm³/mol. The van der Waals surface area contributed by atoms with Gasteiger partial charge >= 0.3 is 0 Å². The van der Waals surface area contributed by atoms with Gasteiger partial charge in [0.2, 0.25) is 0 Å². The summed E-state index contributed by atoms with van der Waals surface area (Å²) >= 11 is 1.55. The van der Waals surface area contributed by atoms with E-state index in [0.29, 0.717) is 0 Å². The Morgan fingerprint density at radius 2 is 1.47 bits per heavy atom. The minimum atomic E-state index is 0.873. The van der Waals surface area contributed by atoms with Crippen molar-refractivity contribution in [2.45, 2.75) is 55.4 Å². The second kappa shape index (κ2) is 19.2. The second-order valence-corrected chi connectivity index (χ2v) is 4.35. The smallest absolute Gasteiger partial charge is 0.0547 e. The summed E-state index contributed by atoms with van der Waals surface area (Å²) in [5.41, 5.74) is 2.33. The molecule has 0 N–H and O–H groups in total. The Balaban J connectivity index is -0.000000579. The Kier molecular flexibility index (Phi) is 23.3. The van der Waals surface area contributed by atoms with Gasteiger partial charge in [-0.3, -0.25) is 0 Å². The highest BCUT2D eigenvalue weighted by molar-refractivity contribution is 8.06. The van der Waals surface area contributed by atoms with Gasteiger partial charge in [-0.1, -0.05) is 81.7 Å². The lowest BCUT2D eigenvalue weighted by Gasteiger charge is -1.89. The van der Waals surface area contributed by atoms with Crippen molar-refractivity contribution in [1.82, 2.24) is 0 Å². The molecule has 0 aliphatic carbocycles. The molecule has 0 saturated heterocycles. The van der Waals surface area contributed by atoms with Gasteiger partial charge in [0.25, 0.3) is 0 Å². The summed E-state index contributed by atoms with van der Waals surface area (Å²) in [4.78, 5) is 0.873. The van der Waals surface area contributed by atoms with E-state index in [1.807, 2.05) is 59.1 Å². The van der Waals surface area contributed by atoms with E-state index in [4.69, 9.17) is 0 Å². The Morgan fingerprint density at radius 1 is 0.947 bits per heavy atom. The highest BCUT2D eigenvalue weighted by Crippen LogP contribution is 2.13. The van der Waals surface area contributed by atoms with Crippen LogP contribution in [0.25, 0.3) is 0 Å². The van der Waals surface area contributed by atoms with E-state index in [1.165, 1.54) is 5.57 Å². The van der Waals surface area contributed by atoms with Crippen molar-refractivity contribution in [1.29, 1.82) is 0 Å². The minimum Gasteiger partial charge on any atom is -0.0898 e. The normalized spacial score (nSPS) is 9.16. The van der Waals surface area contributed by atoms with Crippen molar-refractivity contribution in [3.8, 4) is 11.8 Å². The number of rotatable bonds is 3. The van der Waals surface area contributed by atoms with Crippen molar-refractivity contribution in [3.63, 3.8) is 0 Å². The largest absolute Gasteiger partial charge is 0.0898 e. The van der Waals surface area contributed by atoms with Crippen molar-refractivity contribution >= 4 is 11.8 Å². The summed E-state index contributed by atoms with van der Waals surface area (Å²) < 4.78 is 0. The van der Waals surface area contributed by atoms with Gasteiger partial charge in [0.15, 0.2) is 0 Å². The fourth-order valence-electron chi connectivity index (χ4n) is 0.681. The first-order valence-electron chi connectivity index (χ1n) is 6.86. The summed E-state index contributed by atoms with van der Waals surface area (Å²) in [6.07, 6.45) is 6.06. The van der Waals surface area contributed by atoms with E-state index >= 15 is 0 Å². The van der Waals surface area contributed by atoms with Crippen LogP contribution in [0.4, 0.5) is 0 Å². The molecule has 0 radical (unpaired) electrons. The van der Waals surface area contributed by atoms with Gasteiger partial charge in [0.05, 0.1) is 4.91 Å². The molecule has 0 aromatic rings. The van der Waals surface area contributed by atoms with E-state index in [-0.39, 0.29) is 0 Å². The van der Waals surface area contributed by atoms with Crippen LogP contribution in [0.1, 0.15) is 55.4 Å². The van der Waals surface area contributed by atoms with Gasteiger partial charge < -0.3 is 0 Å². The molecule has 0 spiro atoms. The highest BCUT2D eigenvalue weighted by atomic mass is 32.2. The monoisotopic (exact) mass is 278 g/mol. The zero-order chi connectivity index (χ0) is 15.7. The van der Waals surface area contributed by atoms with Crippen LogP contribution in [-0.4, -0.2) is 0 Å². The molecule has 19 heavy (non-hydrogen) atoms. The fourth-order valence-corrected chi connectivity index (χ4v) is 1.09. The molecular formula is C18H30S. The van der Waals surface area contributed by atoms with Crippen LogP contribution >= 0.6 is 11.8 Å². The maximum atomic E-state index is 3.85. The molecule has 0 aromatic heterocycles. The molecule has 108 valence electrons. The molecule has 0 aliphatic heterocycles. The summed E-state index contributed by atoms with van der Waals surface area (Å²) in [7, 11) is 0. The van der Waals surface area contributed by atoms with E-state index in [1.54, 1.807) is 11.8 Å². The molecule has 1 heteroatoms. The minimum absolute atomic E-state index is 0.873. The third kappa shape index (κ3) is 22.5. The molecule has 0 fully saturated rings. The van der Waals surface area contributed by atoms with E-state index in [9.17, 15) is 0 Å². The Labute approximate surface area is 125 Å². The Morgan fingerprint density at radius 3 is 1.89 bits per heavy atom. The van der Waals surface area contributed by atoms with Crippen LogP contribution in [-0.2, 0) is 0 Å². The first-order valence-corrected chi connectivity index (χ1v) is 7.74. The summed E-state index contributed by atoms with van der Waals surface area (Å²) in [6, 6.07) is 0. The number of allylic oxidation sites excluding steroid dienone is 6. The maximum Gasteiger partial charge on any atom is 0.0547 e. The molecule has 0 unspecified atom stereocenters. The van der Waals surface area contributed by atoms with Gasteiger partial charge in [0, 0.05) is 0 Å². The lowest BCUT2D eigenvalue weighted by Crippen LogP contribution is -1.70. The van der Waals surface area contributed by atoms with Gasteiger partial charge in [-0.25, -0.2) is 0 Å². The maximum absolute atomic E-state index is 3.85. The molecule has 0 atom stereocenters. The molecule has 0 aromatic carbocycles. The lowest BCUT2D eigenvalue weighted by atomic mass is 10.2. The van der Waals surface area contributed by atoms with Crippen molar-refractivity contribution in [2.75, 3.05) is 0 Å². The molecule has 0 aliphatic rings. The molecule has 0 bridgehead atoms. The molecule has 0 rings (SSSR count). The van der Waals surface area contributed by atoms with Crippen LogP contribution in [0.5, 0.6) is 0 Å². The molecule has 0 saturated carbocycles. The average Bonchev–Trinajstić information content (AvgIpc) is 2.44. The fraction of sp³-hybridized carbons (Fsp3) is 0.444. The van der Waals surface area contributed by atoms with E-state index in [2.05, 4.69) is 38.3 Å². The van der Waals surface area contributed by atoms with Crippen LogP contribution in [0.3, 0.4) is 0 Å². The summed E-state index contributed by atoms with van der Waals surface area (Å²) in [5.74, 6) is 6.07. The van der Waals surface area contributed by atoms with Crippen LogP contribution in [0.15, 0.2) is 46.3 Å². The third-order valence-electron chi connectivity index (χ3n) is 1.41. The molecular weight excluding hydrogens is 248 g/mol. The zero-order valence-electron chi connectivity index (χ0n) is 13.9. The van der Waals surface area contributed by atoms with Crippen LogP contribution in [0.2, 0.25) is 0 Å². The van der Waals surface area contributed by atoms with Gasteiger partial charge in [-0.15, -0.1) is 0 Å². The van der Waals surface area contributed by atoms with Gasteiger partial charge in [-0.2, -0.15) is 0 Å². The number of hydrogen-bond acceptors (Lipinski definition) is 1. The number of hydrogen-bond donors (Lipinski definition) is 0. The van der Waals surface area contributed by atoms with Crippen molar-refractivity contribution in [2.24, 2.45) is 0 Å². The predicted octanol–water partition coefficient (Wildman–Crippen LogP) is 6.74. The van der Waals surface area contributed by atoms with Crippen molar-refractivity contribution < 1.29 is 0 Å². The van der Waals surface area contributed by atoms with Gasteiger partial charge in [-0.05, 0) is 38.7 Å². The average molecular weight is 279 g/mol. The summed E-state index contributed by atoms with van der Waals surface area (Å²) in [6.45, 7) is 20.0. The molecule has 0 heterocycles. The Bertz CT molecular complexity index is 353. The topological polar surface area (TPSA) is 0 Å². The molecule has 0 nitrogen and oxygen atoms in total. The second-order valence-electron chi connectivity index (χ2n) is 3.35. The summed E-state index contributed by atoms with van der Waals surface area (Å²) in [5, 5.41) is 1.98. The highest BCUT2D eigenvalue weighted by Gasteiger charge is 1.84. The zero-order valence-corrected chi connectivity index (χ0v) is 14.7. The van der Waals surface area contributed by atoms with Crippen LogP contribution < -0.4 is 0 Å². The number of thioether (sulfide) groups is 1. The van der Waals surface area contributed by atoms with Crippen LogP contribution in [0, 0.1) is 11.8 Å².